The van der Waals surface area contributed by atoms with Gasteiger partial charge in [0.2, 0.25) is 5.91 Å². The van der Waals surface area contributed by atoms with Crippen molar-refractivity contribution in [2.24, 2.45) is 0 Å². The zero-order valence-electron chi connectivity index (χ0n) is 11.6. The van der Waals surface area contributed by atoms with Crippen molar-refractivity contribution in [3.05, 3.63) is 34.9 Å². The molecule has 1 heterocycles. The quantitative estimate of drug-likeness (QED) is 0.931. The number of hydrogen-bond donors (Lipinski definition) is 1. The second kappa shape index (κ2) is 6.75. The lowest BCUT2D eigenvalue weighted by molar-refractivity contribution is -0.121. The van der Waals surface area contributed by atoms with Gasteiger partial charge in [-0.25, -0.2) is 0 Å². The summed E-state index contributed by atoms with van der Waals surface area (Å²) < 4.78 is 0. The fourth-order valence-corrected chi connectivity index (χ4v) is 2.46. The highest BCUT2D eigenvalue weighted by Gasteiger charge is 2.24. The maximum absolute atomic E-state index is 12.3. The molecular weight excluding hydrogens is 276 g/mol. The number of carbonyl (C=O) groups is 2. The number of nitrogens with one attached hydrogen (secondary N) is 1. The minimum Gasteiger partial charge on any atom is -0.353 e. The summed E-state index contributed by atoms with van der Waals surface area (Å²) >= 11 is 5.82. The average Bonchev–Trinajstić information content (AvgIpc) is 2.48. The van der Waals surface area contributed by atoms with Crippen LogP contribution in [0.15, 0.2) is 24.3 Å². The van der Waals surface area contributed by atoms with Crippen LogP contribution in [0.3, 0.4) is 0 Å². The Morgan fingerprint density at radius 3 is 2.40 bits per heavy atom. The van der Waals surface area contributed by atoms with E-state index in [1.165, 1.54) is 0 Å². The molecule has 20 heavy (non-hydrogen) atoms. The number of benzene rings is 1. The fourth-order valence-electron chi connectivity index (χ4n) is 2.33. The third-order valence-corrected chi connectivity index (χ3v) is 3.81. The van der Waals surface area contributed by atoms with E-state index in [2.05, 4.69) is 5.32 Å². The summed E-state index contributed by atoms with van der Waals surface area (Å²) in [5.74, 6) is 0.106. The number of piperidine rings is 1. The van der Waals surface area contributed by atoms with Gasteiger partial charge in [-0.15, -0.1) is 0 Å². The van der Waals surface area contributed by atoms with Crippen molar-refractivity contribution < 1.29 is 9.59 Å². The highest BCUT2D eigenvalue weighted by Crippen LogP contribution is 2.16. The van der Waals surface area contributed by atoms with Gasteiger partial charge in [0.1, 0.15) is 0 Å². The first-order chi connectivity index (χ1) is 9.60. The Labute approximate surface area is 124 Å². The molecule has 1 N–H and O–H groups in total. The van der Waals surface area contributed by atoms with Crippen LogP contribution in [0.1, 0.15) is 36.5 Å². The smallest absolute Gasteiger partial charge is 0.253 e. The van der Waals surface area contributed by atoms with Crippen molar-refractivity contribution >= 4 is 23.4 Å². The summed E-state index contributed by atoms with van der Waals surface area (Å²) in [5.41, 5.74) is 0.658. The predicted octanol–water partition coefficient (Wildman–Crippen LogP) is 2.47. The van der Waals surface area contributed by atoms with E-state index in [9.17, 15) is 9.59 Å². The van der Waals surface area contributed by atoms with Crippen LogP contribution in [-0.4, -0.2) is 35.8 Å². The highest BCUT2D eigenvalue weighted by atomic mass is 35.5. The molecular formula is C15H19ClN2O2. The lowest BCUT2D eigenvalue weighted by Crippen LogP contribution is -2.46. The number of hydrogen-bond acceptors (Lipinski definition) is 2. The fraction of sp³-hybridized carbons (Fsp3) is 0.467. The standard InChI is InChI=1S/C15H19ClN2O2/c1-2-14(19)17-13-7-9-18(10-8-13)15(20)11-3-5-12(16)6-4-11/h3-6,13H,2,7-10H2,1H3,(H,17,19). The first-order valence-corrected chi connectivity index (χ1v) is 7.32. The van der Waals surface area contributed by atoms with Crippen LogP contribution < -0.4 is 5.32 Å². The summed E-state index contributed by atoms with van der Waals surface area (Å²) in [4.78, 5) is 25.5. The molecule has 0 spiro atoms. The molecule has 0 unspecified atom stereocenters. The minimum absolute atomic E-state index is 0.0296. The Hall–Kier alpha value is -1.55. The van der Waals surface area contributed by atoms with Crippen LogP contribution in [0.5, 0.6) is 0 Å². The molecule has 1 aliphatic rings. The maximum atomic E-state index is 12.3. The zero-order valence-corrected chi connectivity index (χ0v) is 12.3. The van der Waals surface area contributed by atoms with Gasteiger partial charge in [0, 0.05) is 36.1 Å². The number of nitrogens with zero attached hydrogens (tertiary/aromatic N) is 1. The summed E-state index contributed by atoms with van der Waals surface area (Å²) in [7, 11) is 0. The van der Waals surface area contributed by atoms with Gasteiger partial charge in [0.15, 0.2) is 0 Å². The van der Waals surface area contributed by atoms with Gasteiger partial charge in [-0.2, -0.15) is 0 Å². The van der Waals surface area contributed by atoms with Gasteiger partial charge in [-0.05, 0) is 37.1 Å². The van der Waals surface area contributed by atoms with Crippen molar-refractivity contribution in [1.29, 1.82) is 0 Å². The summed E-state index contributed by atoms with van der Waals surface area (Å²) in [6, 6.07) is 7.13. The minimum atomic E-state index is 0.0296. The molecule has 0 aromatic heterocycles. The molecule has 108 valence electrons. The van der Waals surface area contributed by atoms with E-state index < -0.39 is 0 Å². The Morgan fingerprint density at radius 2 is 1.85 bits per heavy atom. The molecule has 4 nitrogen and oxygen atoms in total. The highest BCUT2D eigenvalue weighted by molar-refractivity contribution is 6.30. The number of rotatable bonds is 3. The van der Waals surface area contributed by atoms with Crippen molar-refractivity contribution in [2.45, 2.75) is 32.2 Å². The van der Waals surface area contributed by atoms with Crippen molar-refractivity contribution in [3.8, 4) is 0 Å². The van der Waals surface area contributed by atoms with Gasteiger partial charge < -0.3 is 10.2 Å². The van der Waals surface area contributed by atoms with E-state index in [0.717, 1.165) is 12.8 Å². The molecule has 1 aliphatic heterocycles. The summed E-state index contributed by atoms with van der Waals surface area (Å²) in [6.45, 7) is 3.20. The van der Waals surface area contributed by atoms with Crippen LogP contribution in [0.4, 0.5) is 0 Å². The first kappa shape index (κ1) is 14.9. The predicted molar refractivity (Wildman–Crippen MR) is 78.8 cm³/mol. The van der Waals surface area contributed by atoms with E-state index in [-0.39, 0.29) is 17.9 Å². The Bertz CT molecular complexity index is 479. The molecule has 0 aliphatic carbocycles. The van der Waals surface area contributed by atoms with Crippen molar-refractivity contribution in [1.82, 2.24) is 10.2 Å². The van der Waals surface area contributed by atoms with Crippen LogP contribution in [-0.2, 0) is 4.79 Å². The third kappa shape index (κ3) is 3.73. The van der Waals surface area contributed by atoms with Crippen molar-refractivity contribution in [2.75, 3.05) is 13.1 Å². The molecule has 1 saturated heterocycles. The Morgan fingerprint density at radius 1 is 1.25 bits per heavy atom. The molecule has 2 amide bonds. The molecule has 1 aromatic carbocycles. The van der Waals surface area contributed by atoms with E-state index in [1.807, 2.05) is 11.8 Å². The van der Waals surface area contributed by atoms with E-state index in [1.54, 1.807) is 24.3 Å². The lowest BCUT2D eigenvalue weighted by atomic mass is 10.0. The normalized spacial score (nSPS) is 16.0. The molecule has 0 bridgehead atoms. The molecule has 0 saturated carbocycles. The molecule has 0 atom stereocenters. The second-order valence-electron chi connectivity index (χ2n) is 4.99. The van der Waals surface area contributed by atoms with Gasteiger partial charge in [-0.3, -0.25) is 9.59 Å². The number of halogens is 1. The summed E-state index contributed by atoms with van der Waals surface area (Å²) in [5, 5.41) is 3.61. The van der Waals surface area contributed by atoms with E-state index in [0.29, 0.717) is 30.1 Å². The molecule has 1 fully saturated rings. The van der Waals surface area contributed by atoms with Gasteiger partial charge >= 0.3 is 0 Å². The molecule has 5 heteroatoms. The van der Waals surface area contributed by atoms with Crippen LogP contribution in [0.2, 0.25) is 5.02 Å². The van der Waals surface area contributed by atoms with Gasteiger partial charge in [0.25, 0.3) is 5.91 Å². The summed E-state index contributed by atoms with van der Waals surface area (Å²) in [6.07, 6.45) is 2.13. The van der Waals surface area contributed by atoms with E-state index >= 15 is 0 Å². The second-order valence-corrected chi connectivity index (χ2v) is 5.43. The third-order valence-electron chi connectivity index (χ3n) is 3.56. The monoisotopic (exact) mass is 294 g/mol. The topological polar surface area (TPSA) is 49.4 Å². The number of likely N-dealkylation sites (tertiary alicyclic amines) is 1. The number of amides is 2. The Kier molecular flexibility index (Phi) is 5.01. The zero-order chi connectivity index (χ0) is 14.5. The number of carbonyl (C=O) groups excluding carboxylic acids is 2. The molecule has 1 aromatic rings. The van der Waals surface area contributed by atoms with Crippen LogP contribution >= 0.6 is 11.6 Å². The van der Waals surface area contributed by atoms with Gasteiger partial charge in [0.05, 0.1) is 0 Å². The molecule has 2 rings (SSSR count). The van der Waals surface area contributed by atoms with Crippen LogP contribution in [0.25, 0.3) is 0 Å². The maximum Gasteiger partial charge on any atom is 0.253 e. The first-order valence-electron chi connectivity index (χ1n) is 6.94. The lowest BCUT2D eigenvalue weighted by Gasteiger charge is -2.32. The largest absolute Gasteiger partial charge is 0.353 e. The average molecular weight is 295 g/mol. The van der Waals surface area contributed by atoms with Crippen molar-refractivity contribution in [3.63, 3.8) is 0 Å². The Balaban J connectivity index is 1.88. The van der Waals surface area contributed by atoms with Gasteiger partial charge in [-0.1, -0.05) is 18.5 Å². The molecule has 0 radical (unpaired) electrons. The van der Waals surface area contributed by atoms with Crippen LogP contribution in [0, 0.1) is 0 Å². The SMILES string of the molecule is CCC(=O)NC1CCN(C(=O)c2ccc(Cl)cc2)CC1. The van der Waals surface area contributed by atoms with E-state index in [4.69, 9.17) is 11.6 Å².